The van der Waals surface area contributed by atoms with Crippen LogP contribution in [0.5, 0.6) is 0 Å². The molecule has 0 saturated heterocycles. The quantitative estimate of drug-likeness (QED) is 0.156. The van der Waals surface area contributed by atoms with Crippen molar-refractivity contribution in [2.75, 3.05) is 0 Å². The topological polar surface area (TPSA) is 0 Å². The molecule has 180 valence electrons. The van der Waals surface area contributed by atoms with Crippen LogP contribution in [-0.2, 0) is 25.7 Å². The molecule has 12 heteroatoms. The molecule has 0 aliphatic carbocycles. The van der Waals surface area contributed by atoms with E-state index in [1.54, 1.807) is 0 Å². The standard InChI is InChI=1S/C19H32Cl8Si4/c1-11-6-16(7-12(2)28(20)21)18(9-14(4)30(24)25)19(10-15(5)31(26)27)17(11)8-13(3)29(22)23/h6,12-15,28-31H,7-10H2,1-5H3. The van der Waals surface area contributed by atoms with E-state index in [1.165, 1.54) is 27.8 Å². The number of halogens is 8. The van der Waals surface area contributed by atoms with E-state index in [2.05, 4.69) is 40.7 Å². The molecule has 31 heavy (non-hydrogen) atoms. The van der Waals surface area contributed by atoms with E-state index in [4.69, 9.17) is 88.6 Å². The molecule has 0 N–H and O–H groups in total. The van der Waals surface area contributed by atoms with Gasteiger partial charge >= 0.3 is 0 Å². The molecule has 0 radical (unpaired) electrons. The minimum Gasteiger partial charge on any atom is -0.150 e. The van der Waals surface area contributed by atoms with Crippen molar-refractivity contribution >= 4 is 118 Å². The fourth-order valence-corrected chi connectivity index (χ4v) is 7.50. The molecule has 1 aromatic carbocycles. The summed E-state index contributed by atoms with van der Waals surface area (Å²) in [5, 5.41) is 0. The summed E-state index contributed by atoms with van der Waals surface area (Å²) in [7, 11) is -7.28. The predicted octanol–water partition coefficient (Wildman–Crippen LogP) is 8.52. The highest BCUT2D eigenvalue weighted by Gasteiger charge is 2.27. The predicted molar refractivity (Wildman–Crippen MR) is 159 cm³/mol. The van der Waals surface area contributed by atoms with Gasteiger partial charge in [-0.05, 0) is 82.6 Å². The second kappa shape index (κ2) is 14.8. The third kappa shape index (κ3) is 10.1. The molecule has 1 rings (SSSR count). The summed E-state index contributed by atoms with van der Waals surface area (Å²) in [6.45, 7) is 10.7. The lowest BCUT2D eigenvalue weighted by molar-refractivity contribution is 0.788. The van der Waals surface area contributed by atoms with Crippen molar-refractivity contribution in [1.82, 2.24) is 0 Å². The minimum absolute atomic E-state index is 0.238. The molecule has 0 fully saturated rings. The maximum Gasteiger partial charge on any atom is 0.240 e. The number of aryl methyl sites for hydroxylation is 1. The van der Waals surface area contributed by atoms with Gasteiger partial charge in [0.2, 0.25) is 29.7 Å². The third-order valence-electron chi connectivity index (χ3n) is 5.82. The summed E-state index contributed by atoms with van der Waals surface area (Å²) in [5.74, 6) is 0. The van der Waals surface area contributed by atoms with Crippen molar-refractivity contribution in [2.24, 2.45) is 0 Å². The number of hydrogen-bond donors (Lipinski definition) is 0. The van der Waals surface area contributed by atoms with Gasteiger partial charge in [-0.3, -0.25) is 0 Å². The van der Waals surface area contributed by atoms with Gasteiger partial charge in [0, 0.05) is 0 Å². The maximum absolute atomic E-state index is 6.40. The van der Waals surface area contributed by atoms with E-state index >= 15 is 0 Å². The van der Waals surface area contributed by atoms with Crippen molar-refractivity contribution in [3.05, 3.63) is 33.9 Å². The van der Waals surface area contributed by atoms with Crippen LogP contribution in [0.2, 0.25) is 22.2 Å². The zero-order chi connectivity index (χ0) is 24.0. The first-order valence-electron chi connectivity index (χ1n) is 10.5. The molecule has 0 aliphatic heterocycles. The monoisotopic (exact) mass is 652 g/mol. The first-order chi connectivity index (χ1) is 14.3. The van der Waals surface area contributed by atoms with Crippen molar-refractivity contribution in [3.8, 4) is 0 Å². The first kappa shape index (κ1) is 31.4. The molecular formula is C19H32Cl8Si4. The fourth-order valence-electron chi connectivity index (χ4n) is 3.69. The number of rotatable bonds is 12. The lowest BCUT2D eigenvalue weighted by Gasteiger charge is -2.28. The maximum atomic E-state index is 6.40. The normalized spacial score (nSPS) is 16.4. The van der Waals surface area contributed by atoms with E-state index < -0.39 is 29.7 Å². The molecular weight excluding hydrogens is 624 g/mol. The minimum atomic E-state index is -1.84. The average Bonchev–Trinajstić information content (AvgIpc) is 2.66. The highest BCUT2D eigenvalue weighted by molar-refractivity contribution is 7.35. The van der Waals surface area contributed by atoms with Gasteiger partial charge in [0.15, 0.2) is 0 Å². The van der Waals surface area contributed by atoms with E-state index in [9.17, 15) is 0 Å². The second-order valence-electron chi connectivity index (χ2n) is 8.85. The molecule has 0 saturated carbocycles. The van der Waals surface area contributed by atoms with E-state index in [0.717, 1.165) is 25.7 Å². The van der Waals surface area contributed by atoms with Crippen LogP contribution in [-0.4, -0.2) is 29.7 Å². The Morgan fingerprint density at radius 2 is 0.871 bits per heavy atom. The van der Waals surface area contributed by atoms with Gasteiger partial charge in [-0.2, -0.15) is 88.6 Å². The Hall–Kier alpha value is 2.41. The highest BCUT2D eigenvalue weighted by Crippen LogP contribution is 2.38. The lowest BCUT2D eigenvalue weighted by atomic mass is 9.84. The Morgan fingerprint density at radius 3 is 1.26 bits per heavy atom. The van der Waals surface area contributed by atoms with Crippen molar-refractivity contribution in [2.45, 2.75) is 82.5 Å². The Morgan fingerprint density at radius 1 is 0.548 bits per heavy atom. The van der Waals surface area contributed by atoms with Crippen LogP contribution in [0, 0.1) is 6.92 Å². The van der Waals surface area contributed by atoms with Crippen LogP contribution in [0.15, 0.2) is 6.07 Å². The number of benzene rings is 1. The van der Waals surface area contributed by atoms with E-state index in [0.29, 0.717) is 0 Å². The summed E-state index contributed by atoms with van der Waals surface area (Å²) in [5.41, 5.74) is 7.54. The first-order valence-corrected chi connectivity index (χ1v) is 27.1. The summed E-state index contributed by atoms with van der Waals surface area (Å²) < 4.78 is 0. The zero-order valence-electron chi connectivity index (χ0n) is 18.5. The van der Waals surface area contributed by atoms with Gasteiger partial charge in [-0.25, -0.2) is 0 Å². The van der Waals surface area contributed by atoms with Crippen molar-refractivity contribution in [1.29, 1.82) is 0 Å². The van der Waals surface area contributed by atoms with Crippen LogP contribution in [0.25, 0.3) is 0 Å². The summed E-state index contributed by atoms with van der Waals surface area (Å²) in [4.78, 5) is 0. The zero-order valence-corrected chi connectivity index (χ0v) is 29.2. The van der Waals surface area contributed by atoms with Gasteiger partial charge in [0.05, 0.1) is 0 Å². The summed E-state index contributed by atoms with van der Waals surface area (Å²) in [6.07, 6.45) is 3.39. The molecule has 1 aromatic rings. The van der Waals surface area contributed by atoms with Crippen LogP contribution >= 0.6 is 88.6 Å². The summed E-state index contributed by atoms with van der Waals surface area (Å²) in [6, 6.07) is 2.30. The van der Waals surface area contributed by atoms with Crippen LogP contribution < -0.4 is 0 Å². The highest BCUT2D eigenvalue weighted by atomic mass is 35.7. The molecule has 0 amide bonds. The molecule has 4 atom stereocenters. The third-order valence-corrected chi connectivity index (χ3v) is 20.5. The Labute approximate surface area is 232 Å². The van der Waals surface area contributed by atoms with Crippen molar-refractivity contribution in [3.63, 3.8) is 0 Å². The van der Waals surface area contributed by atoms with Gasteiger partial charge < -0.3 is 0 Å². The smallest absolute Gasteiger partial charge is 0.150 e. The van der Waals surface area contributed by atoms with E-state index in [-0.39, 0.29) is 22.2 Å². The number of hydrogen-bond acceptors (Lipinski definition) is 0. The molecule has 0 spiro atoms. The average molecular weight is 656 g/mol. The summed E-state index contributed by atoms with van der Waals surface area (Å²) >= 11 is 51.0. The fraction of sp³-hybridized carbons (Fsp3) is 0.684. The Balaban J connectivity index is 3.68. The van der Waals surface area contributed by atoms with Crippen molar-refractivity contribution < 1.29 is 0 Å². The molecule has 4 unspecified atom stereocenters. The largest absolute Gasteiger partial charge is 0.240 e. The lowest BCUT2D eigenvalue weighted by Crippen LogP contribution is -2.19. The van der Waals surface area contributed by atoms with Gasteiger partial charge in [0.25, 0.3) is 0 Å². The second-order valence-corrected chi connectivity index (χ2v) is 30.0. The molecule has 0 heterocycles. The molecule has 0 bridgehead atoms. The molecule has 0 nitrogen and oxygen atoms in total. The van der Waals surface area contributed by atoms with Crippen LogP contribution in [0.1, 0.15) is 55.5 Å². The molecule has 0 aromatic heterocycles. The Kier molecular flexibility index (Phi) is 15.1. The SMILES string of the molecule is Cc1cc(CC(C)[SiH](Cl)Cl)c(CC(C)[SiH](Cl)Cl)c(CC(C)[SiH](Cl)Cl)c1CC(C)[SiH](Cl)Cl. The van der Waals surface area contributed by atoms with E-state index in [1.807, 2.05) is 0 Å². The molecule has 0 aliphatic rings. The van der Waals surface area contributed by atoms with Crippen LogP contribution in [0.4, 0.5) is 0 Å². The van der Waals surface area contributed by atoms with Gasteiger partial charge in [-0.15, -0.1) is 0 Å². The van der Waals surface area contributed by atoms with Gasteiger partial charge in [-0.1, -0.05) is 33.8 Å². The Bertz CT molecular complexity index is 702. The van der Waals surface area contributed by atoms with Gasteiger partial charge in [0.1, 0.15) is 0 Å². The van der Waals surface area contributed by atoms with Crippen LogP contribution in [0.3, 0.4) is 0 Å².